The molecule has 0 saturated carbocycles. The van der Waals surface area contributed by atoms with E-state index in [1.807, 2.05) is 26.0 Å². The largest absolute Gasteiger partial charge is 0.487 e. The van der Waals surface area contributed by atoms with Gasteiger partial charge in [0, 0.05) is 35.9 Å². The van der Waals surface area contributed by atoms with E-state index in [2.05, 4.69) is 21.4 Å². The summed E-state index contributed by atoms with van der Waals surface area (Å²) in [5, 5.41) is 2.93. The van der Waals surface area contributed by atoms with Crippen LogP contribution in [0.2, 0.25) is 0 Å². The minimum atomic E-state index is -0.0246. The number of fused-ring (bicyclic) bond motifs is 1. The molecule has 0 aliphatic carbocycles. The Morgan fingerprint density at radius 2 is 2.14 bits per heavy atom. The zero-order chi connectivity index (χ0) is 15.5. The number of carbonyl (C=O) groups is 1. The van der Waals surface area contributed by atoms with Gasteiger partial charge in [0.2, 0.25) is 5.91 Å². The fourth-order valence-corrected chi connectivity index (χ4v) is 2.54. The second-order valence-corrected chi connectivity index (χ2v) is 5.76. The summed E-state index contributed by atoms with van der Waals surface area (Å²) in [5.41, 5.74) is 3.09. The minimum absolute atomic E-state index is 0.0131. The van der Waals surface area contributed by atoms with Gasteiger partial charge in [0.15, 0.2) is 0 Å². The van der Waals surface area contributed by atoms with Gasteiger partial charge < -0.3 is 10.1 Å². The summed E-state index contributed by atoms with van der Waals surface area (Å²) < 4.78 is 6.05. The number of rotatable bonds is 4. The van der Waals surface area contributed by atoms with Crippen molar-refractivity contribution in [3.05, 3.63) is 42.5 Å². The lowest BCUT2D eigenvalue weighted by Crippen LogP contribution is -2.36. The van der Waals surface area contributed by atoms with Crippen LogP contribution in [0.25, 0.3) is 11.1 Å². The Balaban J connectivity index is 1.75. The fourth-order valence-electron chi connectivity index (χ4n) is 2.54. The molecule has 3 rings (SSSR count). The maximum Gasteiger partial charge on any atom is 0.222 e. The van der Waals surface area contributed by atoms with E-state index in [-0.39, 0.29) is 17.9 Å². The highest BCUT2D eigenvalue weighted by atomic mass is 16.5. The number of hydrogen-bond donors (Lipinski definition) is 1. The number of benzene rings is 1. The SMILES string of the molecule is CC(C)C(=O)NCC1Cc2cccc(-c3cncnc3)c2O1. The molecule has 0 fully saturated rings. The molecule has 1 aliphatic heterocycles. The molecule has 1 atom stereocenters. The molecule has 1 amide bonds. The van der Waals surface area contributed by atoms with Gasteiger partial charge in [-0.05, 0) is 5.56 Å². The van der Waals surface area contributed by atoms with Crippen molar-refractivity contribution in [2.24, 2.45) is 5.92 Å². The molecule has 1 aliphatic rings. The first-order valence-electron chi connectivity index (χ1n) is 7.47. The number of nitrogens with zero attached hydrogens (tertiary/aromatic N) is 2. The molecule has 2 aromatic rings. The third-order valence-corrected chi connectivity index (χ3v) is 3.73. The number of hydrogen-bond acceptors (Lipinski definition) is 4. The van der Waals surface area contributed by atoms with Crippen molar-refractivity contribution < 1.29 is 9.53 Å². The van der Waals surface area contributed by atoms with Crippen LogP contribution in [0.4, 0.5) is 0 Å². The molecule has 5 heteroatoms. The number of amides is 1. The van der Waals surface area contributed by atoms with Gasteiger partial charge >= 0.3 is 0 Å². The topological polar surface area (TPSA) is 64.1 Å². The molecule has 2 heterocycles. The van der Waals surface area contributed by atoms with Gasteiger partial charge in [-0.3, -0.25) is 4.79 Å². The van der Waals surface area contributed by atoms with Crippen molar-refractivity contribution in [3.63, 3.8) is 0 Å². The smallest absolute Gasteiger partial charge is 0.222 e. The van der Waals surface area contributed by atoms with Gasteiger partial charge in [-0.2, -0.15) is 0 Å². The maximum absolute atomic E-state index is 11.7. The summed E-state index contributed by atoms with van der Waals surface area (Å²) in [6.45, 7) is 4.29. The molecule has 1 aromatic heterocycles. The molecule has 0 radical (unpaired) electrons. The van der Waals surface area contributed by atoms with Gasteiger partial charge in [-0.25, -0.2) is 9.97 Å². The Morgan fingerprint density at radius 3 is 2.86 bits per heavy atom. The number of aromatic nitrogens is 2. The first-order chi connectivity index (χ1) is 10.6. The summed E-state index contributed by atoms with van der Waals surface area (Å²) in [4.78, 5) is 19.8. The van der Waals surface area contributed by atoms with E-state index in [0.29, 0.717) is 6.54 Å². The molecule has 0 spiro atoms. The van der Waals surface area contributed by atoms with E-state index in [4.69, 9.17) is 4.74 Å². The summed E-state index contributed by atoms with van der Waals surface area (Å²) >= 11 is 0. The van der Waals surface area contributed by atoms with Crippen LogP contribution >= 0.6 is 0 Å². The molecule has 22 heavy (non-hydrogen) atoms. The standard InChI is InChI=1S/C17H19N3O2/c1-11(2)17(21)20-9-14-6-12-4-3-5-15(16(12)22-14)13-7-18-10-19-8-13/h3-5,7-8,10-11,14H,6,9H2,1-2H3,(H,20,21). The number of ether oxygens (including phenoxy) is 1. The van der Waals surface area contributed by atoms with Crippen LogP contribution in [0.5, 0.6) is 5.75 Å². The van der Waals surface area contributed by atoms with Gasteiger partial charge in [0.25, 0.3) is 0 Å². The van der Waals surface area contributed by atoms with Crippen LogP contribution in [0, 0.1) is 5.92 Å². The average Bonchev–Trinajstić information content (AvgIpc) is 2.96. The number of nitrogens with one attached hydrogen (secondary N) is 1. The van der Waals surface area contributed by atoms with E-state index in [1.54, 1.807) is 12.4 Å². The first kappa shape index (κ1) is 14.5. The molecule has 1 aromatic carbocycles. The molecule has 0 saturated heterocycles. The summed E-state index contributed by atoms with van der Waals surface area (Å²) in [6.07, 6.45) is 5.84. The van der Waals surface area contributed by atoms with Crippen molar-refractivity contribution in [3.8, 4) is 16.9 Å². The molecule has 1 N–H and O–H groups in total. The Morgan fingerprint density at radius 1 is 1.36 bits per heavy atom. The van der Waals surface area contributed by atoms with Crippen molar-refractivity contribution in [2.45, 2.75) is 26.4 Å². The third kappa shape index (κ3) is 2.93. The maximum atomic E-state index is 11.7. The van der Waals surface area contributed by atoms with Crippen LogP contribution in [0.1, 0.15) is 19.4 Å². The zero-order valence-electron chi connectivity index (χ0n) is 12.7. The lowest BCUT2D eigenvalue weighted by molar-refractivity contribution is -0.124. The Labute approximate surface area is 129 Å². The Bertz CT molecular complexity index is 671. The summed E-state index contributed by atoms with van der Waals surface area (Å²) in [6, 6.07) is 6.08. The van der Waals surface area contributed by atoms with E-state index in [9.17, 15) is 4.79 Å². The number of carbonyl (C=O) groups excluding carboxylic acids is 1. The zero-order valence-corrected chi connectivity index (χ0v) is 12.7. The molecular formula is C17H19N3O2. The minimum Gasteiger partial charge on any atom is -0.487 e. The van der Waals surface area contributed by atoms with Gasteiger partial charge in [0.05, 0.1) is 6.54 Å². The highest BCUT2D eigenvalue weighted by Gasteiger charge is 2.26. The predicted octanol–water partition coefficient (Wildman–Crippen LogP) is 2.22. The van der Waals surface area contributed by atoms with Crippen LogP contribution < -0.4 is 10.1 Å². The molecular weight excluding hydrogens is 278 g/mol. The lowest BCUT2D eigenvalue weighted by atomic mass is 10.0. The molecule has 5 nitrogen and oxygen atoms in total. The van der Waals surface area contributed by atoms with Crippen molar-refractivity contribution in [1.29, 1.82) is 0 Å². The average molecular weight is 297 g/mol. The van der Waals surface area contributed by atoms with Crippen LogP contribution in [-0.4, -0.2) is 28.5 Å². The Kier molecular flexibility index (Phi) is 4.04. The van der Waals surface area contributed by atoms with Gasteiger partial charge in [0.1, 0.15) is 18.2 Å². The van der Waals surface area contributed by atoms with Crippen LogP contribution in [0.3, 0.4) is 0 Å². The van der Waals surface area contributed by atoms with Crippen LogP contribution in [-0.2, 0) is 11.2 Å². The highest BCUT2D eigenvalue weighted by Crippen LogP contribution is 2.38. The van der Waals surface area contributed by atoms with Crippen LogP contribution in [0.15, 0.2) is 36.9 Å². The van der Waals surface area contributed by atoms with E-state index in [1.165, 1.54) is 6.33 Å². The van der Waals surface area contributed by atoms with Crippen molar-refractivity contribution in [1.82, 2.24) is 15.3 Å². The quantitative estimate of drug-likeness (QED) is 0.940. The van der Waals surface area contributed by atoms with E-state index < -0.39 is 0 Å². The van der Waals surface area contributed by atoms with E-state index >= 15 is 0 Å². The normalized spacial score (nSPS) is 16.2. The van der Waals surface area contributed by atoms with E-state index in [0.717, 1.165) is 28.9 Å². The summed E-state index contributed by atoms with van der Waals surface area (Å²) in [7, 11) is 0. The fraction of sp³-hybridized carbons (Fsp3) is 0.353. The monoisotopic (exact) mass is 297 g/mol. The first-order valence-corrected chi connectivity index (χ1v) is 7.47. The highest BCUT2D eigenvalue weighted by molar-refractivity contribution is 5.78. The number of para-hydroxylation sites is 1. The van der Waals surface area contributed by atoms with Crippen molar-refractivity contribution >= 4 is 5.91 Å². The summed E-state index contributed by atoms with van der Waals surface area (Å²) in [5.74, 6) is 0.915. The van der Waals surface area contributed by atoms with Gasteiger partial charge in [-0.15, -0.1) is 0 Å². The second kappa shape index (κ2) is 6.13. The lowest BCUT2D eigenvalue weighted by Gasteiger charge is -2.14. The third-order valence-electron chi connectivity index (χ3n) is 3.73. The molecule has 1 unspecified atom stereocenters. The van der Waals surface area contributed by atoms with Gasteiger partial charge in [-0.1, -0.05) is 32.0 Å². The molecule has 0 bridgehead atoms. The second-order valence-electron chi connectivity index (χ2n) is 5.76. The molecule has 114 valence electrons. The predicted molar refractivity (Wildman–Crippen MR) is 83.4 cm³/mol. The Hall–Kier alpha value is -2.43. The van der Waals surface area contributed by atoms with Crippen molar-refractivity contribution in [2.75, 3.05) is 6.54 Å².